The maximum Gasteiger partial charge on any atom is 0.233 e. The fourth-order valence-corrected chi connectivity index (χ4v) is 3.07. The first kappa shape index (κ1) is 16.1. The van der Waals surface area contributed by atoms with Crippen LogP contribution in [0.1, 0.15) is 23.6 Å². The number of anilines is 1. The van der Waals surface area contributed by atoms with Crippen LogP contribution in [0.2, 0.25) is 0 Å². The third-order valence-corrected chi connectivity index (χ3v) is 4.34. The lowest BCUT2D eigenvalue weighted by Crippen LogP contribution is -2.34. The summed E-state index contributed by atoms with van der Waals surface area (Å²) in [6.45, 7) is 0.264. The summed E-state index contributed by atoms with van der Waals surface area (Å²) in [6.07, 6.45) is 5.41. The molecule has 26 heavy (non-hydrogen) atoms. The Hall–Kier alpha value is -3.42. The second-order valence-corrected chi connectivity index (χ2v) is 6.04. The third kappa shape index (κ3) is 2.97. The molecule has 0 spiro atoms. The van der Waals surface area contributed by atoms with Gasteiger partial charge >= 0.3 is 0 Å². The van der Waals surface area contributed by atoms with E-state index in [0.29, 0.717) is 22.9 Å². The zero-order valence-electron chi connectivity index (χ0n) is 14.1. The number of benzene rings is 1. The van der Waals surface area contributed by atoms with Gasteiger partial charge in [0.2, 0.25) is 17.6 Å². The minimum atomic E-state index is -0.566. The van der Waals surface area contributed by atoms with Gasteiger partial charge in [0.05, 0.1) is 25.3 Å². The predicted octanol–water partition coefficient (Wildman–Crippen LogP) is 1.48. The van der Waals surface area contributed by atoms with Crippen molar-refractivity contribution < 1.29 is 14.3 Å². The molecule has 1 aromatic carbocycles. The molecule has 0 saturated heterocycles. The summed E-state index contributed by atoms with van der Waals surface area (Å²) in [5, 5.41) is 5.65. The molecule has 0 fully saturated rings. The number of carbonyl (C=O) groups is 2. The van der Waals surface area contributed by atoms with E-state index < -0.39 is 5.92 Å². The van der Waals surface area contributed by atoms with Crippen LogP contribution in [-0.2, 0) is 16.1 Å². The van der Waals surface area contributed by atoms with Gasteiger partial charge in [0.25, 0.3) is 0 Å². The van der Waals surface area contributed by atoms with Crippen LogP contribution in [0.5, 0.6) is 5.75 Å². The number of nitrogens with zero attached hydrogens (tertiary/aromatic N) is 3. The Morgan fingerprint density at radius 3 is 3.15 bits per heavy atom. The van der Waals surface area contributed by atoms with E-state index >= 15 is 0 Å². The molecule has 0 aliphatic carbocycles. The van der Waals surface area contributed by atoms with Crippen molar-refractivity contribution in [2.24, 2.45) is 0 Å². The molecule has 8 nitrogen and oxygen atoms in total. The first-order valence-corrected chi connectivity index (χ1v) is 8.18. The van der Waals surface area contributed by atoms with Crippen LogP contribution in [0.25, 0.3) is 5.78 Å². The number of aromatic nitrogens is 3. The second kappa shape index (κ2) is 6.47. The SMILES string of the molecule is COc1ccc2c(c1)[C@H](C(=O)NCc1cn3cccnc3n1)CC(=O)N2. The number of fused-ring (bicyclic) bond motifs is 2. The highest BCUT2D eigenvalue weighted by Gasteiger charge is 2.31. The zero-order valence-corrected chi connectivity index (χ0v) is 14.1. The van der Waals surface area contributed by atoms with Gasteiger partial charge in [-0.05, 0) is 29.8 Å². The lowest BCUT2D eigenvalue weighted by atomic mass is 9.89. The molecule has 0 bridgehead atoms. The topological polar surface area (TPSA) is 97.6 Å². The van der Waals surface area contributed by atoms with Gasteiger partial charge in [0, 0.05) is 30.7 Å². The minimum absolute atomic E-state index is 0.0960. The standard InChI is InChI=1S/C18H17N5O3/c1-26-12-3-4-15-13(7-12)14(8-16(24)22-15)17(25)20-9-11-10-23-6-2-5-19-18(23)21-11/h2-7,10,14H,8-9H2,1H3,(H,20,25)(H,22,24)/t14-/m1/s1. The van der Waals surface area contributed by atoms with E-state index in [4.69, 9.17) is 4.74 Å². The van der Waals surface area contributed by atoms with Gasteiger partial charge in [-0.25, -0.2) is 9.97 Å². The first-order chi connectivity index (χ1) is 12.6. The van der Waals surface area contributed by atoms with Crippen molar-refractivity contribution in [3.63, 3.8) is 0 Å². The molecule has 0 unspecified atom stereocenters. The number of carbonyl (C=O) groups excluding carboxylic acids is 2. The van der Waals surface area contributed by atoms with Gasteiger partial charge in [-0.2, -0.15) is 0 Å². The number of nitrogens with one attached hydrogen (secondary N) is 2. The van der Waals surface area contributed by atoms with Crippen LogP contribution < -0.4 is 15.4 Å². The molecular weight excluding hydrogens is 334 g/mol. The molecule has 1 aliphatic rings. The number of imidazole rings is 1. The fraction of sp³-hybridized carbons (Fsp3) is 0.222. The van der Waals surface area contributed by atoms with Crippen LogP contribution in [0, 0.1) is 0 Å². The van der Waals surface area contributed by atoms with E-state index in [2.05, 4.69) is 20.6 Å². The van der Waals surface area contributed by atoms with Gasteiger partial charge in [0.1, 0.15) is 5.75 Å². The van der Waals surface area contributed by atoms with Crippen LogP contribution in [0.4, 0.5) is 5.69 Å². The van der Waals surface area contributed by atoms with Crippen LogP contribution in [0.15, 0.2) is 42.9 Å². The number of ether oxygens (including phenoxy) is 1. The van der Waals surface area contributed by atoms with Crippen LogP contribution in [-0.4, -0.2) is 33.3 Å². The van der Waals surface area contributed by atoms with Gasteiger partial charge in [0.15, 0.2) is 0 Å². The number of hydrogen-bond donors (Lipinski definition) is 2. The summed E-state index contributed by atoms with van der Waals surface area (Å²) in [7, 11) is 1.57. The molecule has 0 radical (unpaired) electrons. The van der Waals surface area contributed by atoms with Crippen molar-refractivity contribution in [2.45, 2.75) is 18.9 Å². The Kier molecular flexibility index (Phi) is 4.00. The van der Waals surface area contributed by atoms with Crippen molar-refractivity contribution in [1.82, 2.24) is 19.7 Å². The van der Waals surface area contributed by atoms with Crippen molar-refractivity contribution in [3.05, 3.63) is 54.1 Å². The van der Waals surface area contributed by atoms with Gasteiger partial charge in [-0.1, -0.05) is 0 Å². The van der Waals surface area contributed by atoms with E-state index in [0.717, 1.165) is 5.56 Å². The first-order valence-electron chi connectivity index (χ1n) is 8.18. The highest BCUT2D eigenvalue weighted by Crippen LogP contribution is 2.35. The molecule has 0 saturated carbocycles. The summed E-state index contributed by atoms with van der Waals surface area (Å²) in [5.41, 5.74) is 2.08. The molecule has 2 aromatic heterocycles. The minimum Gasteiger partial charge on any atom is -0.497 e. The molecule has 4 rings (SSSR count). The highest BCUT2D eigenvalue weighted by molar-refractivity contribution is 6.01. The summed E-state index contributed by atoms with van der Waals surface area (Å²) in [5.74, 6) is 0.246. The van der Waals surface area contributed by atoms with Crippen molar-refractivity contribution in [1.29, 1.82) is 0 Å². The van der Waals surface area contributed by atoms with Crippen molar-refractivity contribution >= 4 is 23.3 Å². The maximum absolute atomic E-state index is 12.7. The number of rotatable bonds is 4. The number of amides is 2. The Bertz CT molecular complexity index is 964. The van der Waals surface area contributed by atoms with Gasteiger partial charge in [-0.15, -0.1) is 0 Å². The zero-order chi connectivity index (χ0) is 18.1. The quantitative estimate of drug-likeness (QED) is 0.742. The lowest BCUT2D eigenvalue weighted by Gasteiger charge is -2.25. The highest BCUT2D eigenvalue weighted by atomic mass is 16.5. The van der Waals surface area contributed by atoms with Crippen molar-refractivity contribution in [3.8, 4) is 5.75 Å². The molecule has 2 amide bonds. The summed E-state index contributed by atoms with van der Waals surface area (Å²) >= 11 is 0. The van der Waals surface area contributed by atoms with E-state index in [-0.39, 0.29) is 24.8 Å². The predicted molar refractivity (Wildman–Crippen MR) is 93.8 cm³/mol. The van der Waals surface area contributed by atoms with Gasteiger partial charge < -0.3 is 15.4 Å². The van der Waals surface area contributed by atoms with E-state index in [1.54, 1.807) is 35.9 Å². The third-order valence-electron chi connectivity index (χ3n) is 4.34. The number of methoxy groups -OCH3 is 1. The summed E-state index contributed by atoms with van der Waals surface area (Å²) in [4.78, 5) is 33.2. The smallest absolute Gasteiger partial charge is 0.233 e. The molecule has 8 heteroatoms. The van der Waals surface area contributed by atoms with E-state index in [1.165, 1.54) is 0 Å². The lowest BCUT2D eigenvalue weighted by molar-refractivity contribution is -0.126. The second-order valence-electron chi connectivity index (χ2n) is 6.04. The monoisotopic (exact) mass is 351 g/mol. The largest absolute Gasteiger partial charge is 0.497 e. The fourth-order valence-electron chi connectivity index (χ4n) is 3.07. The maximum atomic E-state index is 12.7. The van der Waals surface area contributed by atoms with E-state index in [9.17, 15) is 9.59 Å². The average Bonchev–Trinajstić information content (AvgIpc) is 3.08. The molecule has 3 aromatic rings. The van der Waals surface area contributed by atoms with Crippen molar-refractivity contribution in [2.75, 3.05) is 12.4 Å². The Morgan fingerprint density at radius 2 is 2.35 bits per heavy atom. The molecular formula is C18H17N5O3. The summed E-state index contributed by atoms with van der Waals surface area (Å²) < 4.78 is 7.02. The molecule has 1 aliphatic heterocycles. The Balaban J connectivity index is 1.53. The number of hydrogen-bond acceptors (Lipinski definition) is 5. The van der Waals surface area contributed by atoms with E-state index in [1.807, 2.05) is 18.5 Å². The average molecular weight is 351 g/mol. The normalized spacial score (nSPS) is 16.0. The Morgan fingerprint density at radius 1 is 1.46 bits per heavy atom. The molecule has 1 atom stereocenters. The van der Waals surface area contributed by atoms with Crippen LogP contribution in [0.3, 0.4) is 0 Å². The van der Waals surface area contributed by atoms with Crippen LogP contribution >= 0.6 is 0 Å². The molecule has 2 N–H and O–H groups in total. The summed E-state index contributed by atoms with van der Waals surface area (Å²) in [6, 6.07) is 7.10. The Labute approximate surface area is 149 Å². The van der Waals surface area contributed by atoms with Gasteiger partial charge in [-0.3, -0.25) is 14.0 Å². The molecule has 132 valence electrons. The molecule has 3 heterocycles.